The minimum absolute atomic E-state index is 0.447. The average molecular weight is 217 g/mol. The molecule has 0 spiro atoms. The van der Waals surface area contributed by atoms with E-state index in [1.165, 1.54) is 22.3 Å². The third kappa shape index (κ3) is 1.09. The van der Waals surface area contributed by atoms with E-state index in [0.29, 0.717) is 11.8 Å². The number of aryl methyl sites for hydroxylation is 1. The summed E-state index contributed by atoms with van der Waals surface area (Å²) in [6, 6.07) is 6.56. The maximum Gasteiger partial charge on any atom is 0.0258 e. The molecule has 0 saturated carbocycles. The summed E-state index contributed by atoms with van der Waals surface area (Å²) in [5, 5.41) is 0.964. The highest BCUT2D eigenvalue weighted by atomic mass is 35.5. The number of fused-ring (bicyclic) bond motifs is 5. The van der Waals surface area contributed by atoms with Gasteiger partial charge in [0.05, 0.1) is 0 Å². The molecule has 2 aliphatic carbocycles. The van der Waals surface area contributed by atoms with Crippen molar-refractivity contribution in [3.05, 3.63) is 57.6 Å². The van der Waals surface area contributed by atoms with Gasteiger partial charge in [-0.2, -0.15) is 0 Å². The van der Waals surface area contributed by atoms with Crippen LogP contribution in [0.4, 0.5) is 0 Å². The van der Waals surface area contributed by atoms with Crippen LogP contribution in [0.3, 0.4) is 0 Å². The van der Waals surface area contributed by atoms with Gasteiger partial charge in [-0.1, -0.05) is 42.0 Å². The van der Waals surface area contributed by atoms with Crippen LogP contribution < -0.4 is 0 Å². The van der Waals surface area contributed by atoms with Crippen LogP contribution in [0.15, 0.2) is 41.0 Å². The van der Waals surface area contributed by atoms with Crippen LogP contribution in [0.25, 0.3) is 0 Å². The molecule has 0 heterocycles. The maximum atomic E-state index is 6.20. The quantitative estimate of drug-likeness (QED) is 0.569. The summed E-state index contributed by atoms with van der Waals surface area (Å²) >= 11 is 6.20. The molecule has 1 aromatic carbocycles. The van der Waals surface area contributed by atoms with E-state index in [1.807, 2.05) is 6.92 Å². The molecule has 3 rings (SSSR count). The summed E-state index contributed by atoms with van der Waals surface area (Å²) in [6.07, 6.45) is 4.58. The fourth-order valence-electron chi connectivity index (χ4n) is 2.97. The van der Waals surface area contributed by atoms with Crippen LogP contribution in [0.5, 0.6) is 0 Å². The van der Waals surface area contributed by atoms with Gasteiger partial charge in [-0.3, -0.25) is 0 Å². The van der Waals surface area contributed by atoms with Gasteiger partial charge in [0.1, 0.15) is 0 Å². The van der Waals surface area contributed by atoms with Gasteiger partial charge in [0.15, 0.2) is 0 Å². The number of halogens is 1. The fourth-order valence-corrected chi connectivity index (χ4v) is 3.21. The topological polar surface area (TPSA) is 0 Å². The molecule has 0 aliphatic heterocycles. The zero-order valence-corrected chi connectivity index (χ0v) is 9.68. The van der Waals surface area contributed by atoms with Crippen LogP contribution in [0, 0.1) is 6.92 Å². The van der Waals surface area contributed by atoms with E-state index in [-0.39, 0.29) is 0 Å². The molecular formula is C14H13Cl. The molecular weight excluding hydrogens is 204 g/mol. The van der Waals surface area contributed by atoms with Crippen molar-refractivity contribution < 1.29 is 0 Å². The van der Waals surface area contributed by atoms with E-state index < -0.39 is 0 Å². The van der Waals surface area contributed by atoms with E-state index >= 15 is 0 Å². The van der Waals surface area contributed by atoms with E-state index in [9.17, 15) is 0 Å². The molecule has 0 amide bonds. The number of hydrogen-bond donors (Lipinski definition) is 0. The van der Waals surface area contributed by atoms with E-state index in [4.69, 9.17) is 11.6 Å². The second-order valence-electron chi connectivity index (χ2n) is 4.41. The van der Waals surface area contributed by atoms with Crippen molar-refractivity contribution in [3.8, 4) is 0 Å². The summed E-state index contributed by atoms with van der Waals surface area (Å²) in [4.78, 5) is 0. The van der Waals surface area contributed by atoms with Crippen LogP contribution in [0.1, 0.15) is 35.4 Å². The fraction of sp³-hybridized carbons (Fsp3) is 0.286. The Labute approximate surface area is 95.3 Å². The van der Waals surface area contributed by atoms with Crippen molar-refractivity contribution in [2.75, 3.05) is 0 Å². The standard InChI is InChI=1S/C14H13Cl/c1-8-4-3-5-10-11-6-7-12(13(8)10)14(11)9(2)15/h3-7,11-12H,1-2H3/b14-9+. The first-order valence-electron chi connectivity index (χ1n) is 5.34. The van der Waals surface area contributed by atoms with Crippen LogP contribution in [-0.2, 0) is 0 Å². The molecule has 76 valence electrons. The molecule has 0 N–H and O–H groups in total. The number of hydrogen-bond acceptors (Lipinski definition) is 0. The summed E-state index contributed by atoms with van der Waals surface area (Å²) < 4.78 is 0. The van der Waals surface area contributed by atoms with Gasteiger partial charge >= 0.3 is 0 Å². The minimum Gasteiger partial charge on any atom is -0.0894 e. The van der Waals surface area contributed by atoms with Gasteiger partial charge in [-0.05, 0) is 36.1 Å². The molecule has 0 aromatic heterocycles. The Kier molecular flexibility index (Phi) is 1.84. The Balaban J connectivity index is 2.29. The van der Waals surface area contributed by atoms with Crippen LogP contribution in [-0.4, -0.2) is 0 Å². The number of benzene rings is 1. The molecule has 2 bridgehead atoms. The Hall–Kier alpha value is -1.01. The van der Waals surface area contributed by atoms with Crippen molar-refractivity contribution in [2.24, 2.45) is 0 Å². The molecule has 2 unspecified atom stereocenters. The van der Waals surface area contributed by atoms with E-state index in [0.717, 1.165) is 5.03 Å². The predicted octanol–water partition coefficient (Wildman–Crippen LogP) is 4.26. The van der Waals surface area contributed by atoms with Crippen molar-refractivity contribution >= 4 is 11.6 Å². The summed E-state index contributed by atoms with van der Waals surface area (Å²) in [7, 11) is 0. The molecule has 0 saturated heterocycles. The third-order valence-corrected chi connectivity index (χ3v) is 3.79. The van der Waals surface area contributed by atoms with Gasteiger partial charge in [-0.15, -0.1) is 0 Å². The van der Waals surface area contributed by atoms with E-state index in [2.05, 4.69) is 37.3 Å². The van der Waals surface area contributed by atoms with Crippen molar-refractivity contribution in [1.82, 2.24) is 0 Å². The van der Waals surface area contributed by atoms with Gasteiger partial charge in [0.25, 0.3) is 0 Å². The highest BCUT2D eigenvalue weighted by molar-refractivity contribution is 6.29. The lowest BCUT2D eigenvalue weighted by atomic mass is 9.93. The van der Waals surface area contributed by atoms with Crippen LogP contribution >= 0.6 is 11.6 Å². The van der Waals surface area contributed by atoms with Crippen molar-refractivity contribution in [2.45, 2.75) is 25.7 Å². The molecule has 0 fully saturated rings. The zero-order chi connectivity index (χ0) is 10.6. The minimum atomic E-state index is 0.447. The van der Waals surface area contributed by atoms with E-state index in [1.54, 1.807) is 0 Å². The smallest absolute Gasteiger partial charge is 0.0258 e. The van der Waals surface area contributed by atoms with Crippen molar-refractivity contribution in [1.29, 1.82) is 0 Å². The van der Waals surface area contributed by atoms with Gasteiger partial charge < -0.3 is 0 Å². The Morgan fingerprint density at radius 2 is 1.93 bits per heavy atom. The lowest BCUT2D eigenvalue weighted by Crippen LogP contribution is -1.95. The predicted molar refractivity (Wildman–Crippen MR) is 64.4 cm³/mol. The SMILES string of the molecule is C/C(Cl)=C1/C2C=CC1c1c(C)cccc12. The summed E-state index contributed by atoms with van der Waals surface area (Å²) in [5.74, 6) is 0.895. The molecule has 1 heteroatoms. The molecule has 15 heavy (non-hydrogen) atoms. The molecule has 2 aliphatic rings. The lowest BCUT2D eigenvalue weighted by Gasteiger charge is -2.11. The second-order valence-corrected chi connectivity index (χ2v) is 4.97. The van der Waals surface area contributed by atoms with Gasteiger partial charge in [0, 0.05) is 16.9 Å². The second kappa shape index (κ2) is 2.99. The Morgan fingerprint density at radius 3 is 2.60 bits per heavy atom. The zero-order valence-electron chi connectivity index (χ0n) is 8.92. The normalized spacial score (nSPS) is 29.5. The third-order valence-electron chi connectivity index (χ3n) is 3.57. The molecule has 0 radical (unpaired) electrons. The first-order chi connectivity index (χ1) is 7.20. The lowest BCUT2D eigenvalue weighted by molar-refractivity contribution is 1.02. The van der Waals surface area contributed by atoms with Gasteiger partial charge in [0.2, 0.25) is 0 Å². The maximum absolute atomic E-state index is 6.20. The van der Waals surface area contributed by atoms with Crippen molar-refractivity contribution in [3.63, 3.8) is 0 Å². The van der Waals surface area contributed by atoms with Gasteiger partial charge in [-0.25, -0.2) is 0 Å². The first kappa shape index (κ1) is 9.23. The summed E-state index contributed by atoms with van der Waals surface area (Å²) in [5.41, 5.74) is 5.72. The first-order valence-corrected chi connectivity index (χ1v) is 5.72. The monoisotopic (exact) mass is 216 g/mol. The Bertz CT molecular complexity index is 490. The molecule has 0 nitrogen and oxygen atoms in total. The highest BCUT2D eigenvalue weighted by Gasteiger charge is 2.38. The molecule has 2 atom stereocenters. The largest absolute Gasteiger partial charge is 0.0894 e. The Morgan fingerprint density at radius 1 is 1.20 bits per heavy atom. The highest BCUT2D eigenvalue weighted by Crippen LogP contribution is 2.54. The number of allylic oxidation sites excluding steroid dienone is 4. The molecule has 1 aromatic rings. The van der Waals surface area contributed by atoms with Crippen LogP contribution in [0.2, 0.25) is 0 Å². The summed E-state index contributed by atoms with van der Waals surface area (Å²) in [6.45, 7) is 4.19. The number of rotatable bonds is 0. The average Bonchev–Trinajstić information content (AvgIpc) is 2.73.